The maximum Gasteiger partial charge on any atom is 0.225 e. The number of hydrogen-bond acceptors (Lipinski definition) is 4. The van der Waals surface area contributed by atoms with E-state index in [1.807, 2.05) is 24.3 Å². The van der Waals surface area contributed by atoms with Crippen LogP contribution in [-0.4, -0.2) is 15.0 Å². The third-order valence-electron chi connectivity index (χ3n) is 1.87. The molecule has 0 amide bonds. The van der Waals surface area contributed by atoms with Crippen molar-refractivity contribution in [1.29, 1.82) is 0 Å². The van der Waals surface area contributed by atoms with Crippen molar-refractivity contribution in [3.63, 3.8) is 0 Å². The summed E-state index contributed by atoms with van der Waals surface area (Å²) in [5.41, 5.74) is 0.907. The molecule has 1 heterocycles. The Morgan fingerprint density at radius 3 is 2.81 bits per heavy atom. The summed E-state index contributed by atoms with van der Waals surface area (Å²) >= 11 is 11.5. The molecule has 0 saturated heterocycles. The highest BCUT2D eigenvalue weighted by Gasteiger charge is 1.99. The van der Waals surface area contributed by atoms with Crippen LogP contribution in [0, 0.1) is 0 Å². The van der Waals surface area contributed by atoms with Crippen LogP contribution in [0.1, 0.15) is 5.82 Å². The van der Waals surface area contributed by atoms with Crippen LogP contribution >= 0.6 is 23.2 Å². The topological polar surface area (TPSA) is 50.7 Å². The number of hydrogen-bond donors (Lipinski definition) is 1. The van der Waals surface area contributed by atoms with Gasteiger partial charge in [0.25, 0.3) is 0 Å². The largest absolute Gasteiger partial charge is 0.378 e. The highest BCUT2D eigenvalue weighted by atomic mass is 35.5. The molecule has 0 aliphatic rings. The molecule has 2 rings (SSSR count). The van der Waals surface area contributed by atoms with Crippen LogP contribution in [0.5, 0.6) is 0 Å². The molecule has 0 radical (unpaired) electrons. The van der Waals surface area contributed by atoms with Crippen LogP contribution in [0.15, 0.2) is 30.6 Å². The zero-order chi connectivity index (χ0) is 11.4. The van der Waals surface area contributed by atoms with E-state index in [-0.39, 0.29) is 5.28 Å². The third kappa shape index (κ3) is 3.05. The average Bonchev–Trinajstić information content (AvgIpc) is 2.27. The Hall–Kier alpha value is -1.39. The quantitative estimate of drug-likeness (QED) is 0.916. The van der Waals surface area contributed by atoms with Crippen LogP contribution < -0.4 is 5.32 Å². The standard InChI is InChI=1S/C10H8Cl2N4/c11-7-2-1-3-8(4-7)13-5-9-14-6-15-10(12)16-9/h1-4,6,13H,5H2. The van der Waals surface area contributed by atoms with Gasteiger partial charge in [0.15, 0.2) is 5.82 Å². The molecule has 0 aliphatic heterocycles. The van der Waals surface area contributed by atoms with Crippen molar-refractivity contribution in [2.24, 2.45) is 0 Å². The van der Waals surface area contributed by atoms with Crippen LogP contribution in [-0.2, 0) is 6.54 Å². The molecule has 16 heavy (non-hydrogen) atoms. The molecule has 0 unspecified atom stereocenters. The fourth-order valence-corrected chi connectivity index (χ4v) is 1.50. The van der Waals surface area contributed by atoms with Crippen molar-refractivity contribution >= 4 is 28.9 Å². The predicted octanol–water partition coefficient (Wildman–Crippen LogP) is 2.79. The van der Waals surface area contributed by atoms with E-state index in [0.717, 1.165) is 5.69 Å². The minimum atomic E-state index is 0.192. The van der Waals surface area contributed by atoms with Gasteiger partial charge < -0.3 is 5.32 Å². The first-order valence-corrected chi connectivity index (χ1v) is 5.32. The van der Waals surface area contributed by atoms with Gasteiger partial charge in [-0.05, 0) is 29.8 Å². The molecule has 6 heteroatoms. The molecule has 1 aromatic heterocycles. The van der Waals surface area contributed by atoms with E-state index in [9.17, 15) is 0 Å². The van der Waals surface area contributed by atoms with Gasteiger partial charge >= 0.3 is 0 Å². The molecule has 0 spiro atoms. The lowest BCUT2D eigenvalue weighted by atomic mass is 10.3. The minimum absolute atomic E-state index is 0.192. The smallest absolute Gasteiger partial charge is 0.225 e. The predicted molar refractivity (Wildman–Crippen MR) is 63.6 cm³/mol. The number of halogens is 2. The summed E-state index contributed by atoms with van der Waals surface area (Å²) in [5, 5.41) is 4.00. The highest BCUT2D eigenvalue weighted by Crippen LogP contribution is 2.15. The van der Waals surface area contributed by atoms with Gasteiger partial charge in [-0.15, -0.1) is 0 Å². The average molecular weight is 255 g/mol. The monoisotopic (exact) mass is 254 g/mol. The lowest BCUT2D eigenvalue weighted by molar-refractivity contribution is 0.904. The Labute approximate surface area is 103 Å². The van der Waals surface area contributed by atoms with Crippen LogP contribution in [0.3, 0.4) is 0 Å². The lowest BCUT2D eigenvalue weighted by Gasteiger charge is -2.05. The van der Waals surface area contributed by atoms with Gasteiger partial charge in [0.2, 0.25) is 5.28 Å². The Kier molecular flexibility index (Phi) is 3.54. The second-order valence-corrected chi connectivity index (χ2v) is 3.81. The number of nitrogens with zero attached hydrogens (tertiary/aromatic N) is 3. The molecule has 0 bridgehead atoms. The second-order valence-electron chi connectivity index (χ2n) is 3.03. The van der Waals surface area contributed by atoms with Crippen molar-refractivity contribution in [1.82, 2.24) is 15.0 Å². The first-order valence-electron chi connectivity index (χ1n) is 4.57. The molecular formula is C10H8Cl2N4. The summed E-state index contributed by atoms with van der Waals surface area (Å²) in [6, 6.07) is 7.41. The third-order valence-corrected chi connectivity index (χ3v) is 2.28. The lowest BCUT2D eigenvalue weighted by Crippen LogP contribution is -2.04. The van der Waals surface area contributed by atoms with Gasteiger partial charge in [-0.25, -0.2) is 15.0 Å². The highest BCUT2D eigenvalue weighted by molar-refractivity contribution is 6.30. The zero-order valence-electron chi connectivity index (χ0n) is 8.19. The molecule has 1 N–H and O–H groups in total. The number of nitrogens with one attached hydrogen (secondary N) is 1. The van der Waals surface area contributed by atoms with Gasteiger partial charge in [-0.3, -0.25) is 0 Å². The summed E-state index contributed by atoms with van der Waals surface area (Å²) in [5.74, 6) is 0.583. The van der Waals surface area contributed by atoms with Gasteiger partial charge in [0.05, 0.1) is 6.54 Å². The first kappa shape index (κ1) is 11.1. The van der Waals surface area contributed by atoms with Gasteiger partial charge in [-0.1, -0.05) is 17.7 Å². The summed E-state index contributed by atoms with van der Waals surface area (Å²) in [6.45, 7) is 0.475. The maximum atomic E-state index is 5.85. The van der Waals surface area contributed by atoms with Crippen LogP contribution in [0.2, 0.25) is 10.3 Å². The number of benzene rings is 1. The van der Waals surface area contributed by atoms with Crippen molar-refractivity contribution in [2.75, 3.05) is 5.32 Å². The maximum absolute atomic E-state index is 5.85. The van der Waals surface area contributed by atoms with Crippen molar-refractivity contribution in [3.05, 3.63) is 46.7 Å². The summed E-state index contributed by atoms with van der Waals surface area (Å²) in [6.07, 6.45) is 1.38. The Balaban J connectivity index is 2.02. The Bertz CT molecular complexity index is 444. The van der Waals surface area contributed by atoms with Gasteiger partial charge in [0.1, 0.15) is 6.33 Å². The van der Waals surface area contributed by atoms with Gasteiger partial charge in [0, 0.05) is 10.7 Å². The molecule has 4 nitrogen and oxygen atoms in total. The zero-order valence-corrected chi connectivity index (χ0v) is 9.70. The molecule has 82 valence electrons. The van der Waals surface area contributed by atoms with E-state index in [1.165, 1.54) is 6.33 Å². The van der Waals surface area contributed by atoms with E-state index in [4.69, 9.17) is 23.2 Å². The second kappa shape index (κ2) is 5.09. The normalized spacial score (nSPS) is 10.1. The summed E-state index contributed by atoms with van der Waals surface area (Å²) in [7, 11) is 0. The van der Waals surface area contributed by atoms with Crippen molar-refractivity contribution < 1.29 is 0 Å². The molecule has 0 saturated carbocycles. The summed E-state index contributed by atoms with van der Waals surface area (Å²) in [4.78, 5) is 11.6. The molecule has 0 fully saturated rings. The SMILES string of the molecule is Clc1cccc(NCc2ncnc(Cl)n2)c1. The fraction of sp³-hybridized carbons (Fsp3) is 0.100. The molecule has 0 atom stereocenters. The molecular weight excluding hydrogens is 247 g/mol. The van der Waals surface area contributed by atoms with Crippen LogP contribution in [0.4, 0.5) is 5.69 Å². The molecule has 0 aliphatic carbocycles. The Morgan fingerprint density at radius 1 is 1.19 bits per heavy atom. The molecule has 2 aromatic rings. The van der Waals surface area contributed by atoms with E-state index >= 15 is 0 Å². The van der Waals surface area contributed by atoms with Crippen molar-refractivity contribution in [2.45, 2.75) is 6.54 Å². The van der Waals surface area contributed by atoms with E-state index < -0.39 is 0 Å². The molecule has 1 aromatic carbocycles. The number of aromatic nitrogens is 3. The van der Waals surface area contributed by atoms with E-state index in [0.29, 0.717) is 17.4 Å². The summed E-state index contributed by atoms with van der Waals surface area (Å²) < 4.78 is 0. The first-order chi connectivity index (χ1) is 7.74. The minimum Gasteiger partial charge on any atom is -0.378 e. The van der Waals surface area contributed by atoms with E-state index in [1.54, 1.807) is 0 Å². The number of rotatable bonds is 3. The van der Waals surface area contributed by atoms with Crippen molar-refractivity contribution in [3.8, 4) is 0 Å². The van der Waals surface area contributed by atoms with Crippen LogP contribution in [0.25, 0.3) is 0 Å². The van der Waals surface area contributed by atoms with E-state index in [2.05, 4.69) is 20.3 Å². The fourth-order valence-electron chi connectivity index (χ4n) is 1.17. The number of anilines is 1. The Morgan fingerprint density at radius 2 is 2.06 bits per heavy atom. The van der Waals surface area contributed by atoms with Gasteiger partial charge in [-0.2, -0.15) is 0 Å².